The lowest BCUT2D eigenvalue weighted by Crippen LogP contribution is -2.43. The van der Waals surface area contributed by atoms with Crippen LogP contribution in [0.3, 0.4) is 0 Å². The second-order valence-corrected chi connectivity index (χ2v) is 5.75. The number of nitrogens with one attached hydrogen (secondary N) is 1. The van der Waals surface area contributed by atoms with Crippen LogP contribution in [0.1, 0.15) is 38.2 Å². The maximum absolute atomic E-state index is 12.4. The topological polar surface area (TPSA) is 86.7 Å². The molecular weight excluding hydrogens is 296 g/mol. The van der Waals surface area contributed by atoms with Gasteiger partial charge in [-0.05, 0) is 37.0 Å². The predicted molar refractivity (Wildman–Crippen MR) is 86.1 cm³/mol. The van der Waals surface area contributed by atoms with Gasteiger partial charge in [-0.25, -0.2) is 0 Å². The van der Waals surface area contributed by atoms with Gasteiger partial charge >= 0.3 is 5.97 Å². The van der Waals surface area contributed by atoms with Crippen LogP contribution in [0.25, 0.3) is 0 Å². The second-order valence-electron chi connectivity index (χ2n) is 5.75. The quantitative estimate of drug-likeness (QED) is 0.840. The van der Waals surface area contributed by atoms with E-state index >= 15 is 0 Å². The van der Waals surface area contributed by atoms with Gasteiger partial charge in [-0.3, -0.25) is 14.4 Å². The lowest BCUT2D eigenvalue weighted by Gasteiger charge is -2.24. The number of carbonyl (C=O) groups is 3. The highest BCUT2D eigenvalue weighted by Crippen LogP contribution is 2.21. The smallest absolute Gasteiger partial charge is 0.307 e. The lowest BCUT2D eigenvalue weighted by atomic mass is 10.1. The molecule has 2 N–H and O–H groups in total. The highest BCUT2D eigenvalue weighted by molar-refractivity contribution is 5.97. The number of anilines is 1. The highest BCUT2D eigenvalue weighted by atomic mass is 16.4. The lowest BCUT2D eigenvalue weighted by molar-refractivity contribution is -0.136. The van der Waals surface area contributed by atoms with Gasteiger partial charge in [0.25, 0.3) is 0 Å². The van der Waals surface area contributed by atoms with Crippen LogP contribution in [-0.2, 0) is 20.8 Å². The summed E-state index contributed by atoms with van der Waals surface area (Å²) in [6.45, 7) is 2.58. The number of hydrogen-bond acceptors (Lipinski definition) is 3. The van der Waals surface area contributed by atoms with Crippen molar-refractivity contribution in [2.24, 2.45) is 0 Å². The Labute approximate surface area is 135 Å². The van der Waals surface area contributed by atoms with Crippen molar-refractivity contribution in [3.05, 3.63) is 29.8 Å². The zero-order chi connectivity index (χ0) is 16.8. The van der Waals surface area contributed by atoms with Crippen molar-refractivity contribution in [2.75, 3.05) is 11.9 Å². The van der Waals surface area contributed by atoms with E-state index in [9.17, 15) is 14.4 Å². The van der Waals surface area contributed by atoms with E-state index in [0.29, 0.717) is 30.6 Å². The van der Waals surface area contributed by atoms with E-state index in [0.717, 1.165) is 12.8 Å². The van der Waals surface area contributed by atoms with Crippen LogP contribution in [-0.4, -0.2) is 40.4 Å². The first-order valence-electron chi connectivity index (χ1n) is 7.92. The molecule has 1 atom stereocenters. The van der Waals surface area contributed by atoms with Crippen LogP contribution in [0, 0.1) is 0 Å². The minimum Gasteiger partial charge on any atom is -0.481 e. The molecule has 6 nitrogen and oxygen atoms in total. The number of carboxylic acids is 1. The van der Waals surface area contributed by atoms with Crippen molar-refractivity contribution in [3.63, 3.8) is 0 Å². The van der Waals surface area contributed by atoms with Crippen LogP contribution in [0.4, 0.5) is 5.69 Å². The van der Waals surface area contributed by atoms with Gasteiger partial charge in [0.2, 0.25) is 11.8 Å². The van der Waals surface area contributed by atoms with Crippen molar-refractivity contribution >= 4 is 23.5 Å². The number of benzene rings is 1. The predicted octanol–water partition coefficient (Wildman–Crippen LogP) is 2.04. The van der Waals surface area contributed by atoms with Crippen LogP contribution < -0.4 is 5.32 Å². The third kappa shape index (κ3) is 4.55. The zero-order valence-corrected chi connectivity index (χ0v) is 13.2. The summed E-state index contributed by atoms with van der Waals surface area (Å²) in [6.07, 6.45) is 2.71. The normalized spacial score (nSPS) is 17.1. The van der Waals surface area contributed by atoms with Crippen molar-refractivity contribution in [1.82, 2.24) is 4.90 Å². The molecule has 1 aliphatic rings. The van der Waals surface area contributed by atoms with Crippen molar-refractivity contribution in [2.45, 2.75) is 45.1 Å². The van der Waals surface area contributed by atoms with Crippen molar-refractivity contribution in [3.8, 4) is 0 Å². The first-order chi connectivity index (χ1) is 11.0. The minimum atomic E-state index is -0.891. The maximum atomic E-state index is 12.4. The molecule has 2 rings (SSSR count). The van der Waals surface area contributed by atoms with Gasteiger partial charge in [-0.1, -0.05) is 19.1 Å². The van der Waals surface area contributed by atoms with E-state index in [1.807, 2.05) is 6.92 Å². The minimum absolute atomic E-state index is 0.0296. The van der Waals surface area contributed by atoms with Gasteiger partial charge in [0.05, 0.1) is 6.42 Å². The van der Waals surface area contributed by atoms with Gasteiger partial charge in [0.15, 0.2) is 0 Å². The molecule has 23 heavy (non-hydrogen) atoms. The molecule has 0 aliphatic carbocycles. The number of likely N-dealkylation sites (tertiary alicyclic amines) is 1. The molecule has 1 aromatic rings. The molecule has 6 heteroatoms. The number of hydrogen-bond donors (Lipinski definition) is 2. The maximum Gasteiger partial charge on any atom is 0.307 e. The van der Waals surface area contributed by atoms with Gasteiger partial charge < -0.3 is 15.3 Å². The number of amides is 2. The summed E-state index contributed by atoms with van der Waals surface area (Å²) in [5.41, 5.74) is 1.29. The Morgan fingerprint density at radius 1 is 1.26 bits per heavy atom. The Hall–Kier alpha value is -2.37. The number of carboxylic acid groups (broad SMARTS) is 1. The molecule has 1 heterocycles. The molecule has 1 unspecified atom stereocenters. The Kier molecular flexibility index (Phi) is 5.73. The SMILES string of the molecule is CCCC(=O)N1CCCC1C(=O)Nc1ccc(CC(=O)O)cc1. The van der Waals surface area contributed by atoms with E-state index in [2.05, 4.69) is 5.32 Å². The van der Waals surface area contributed by atoms with E-state index < -0.39 is 12.0 Å². The molecule has 0 radical (unpaired) electrons. The van der Waals surface area contributed by atoms with Crippen LogP contribution in [0.5, 0.6) is 0 Å². The van der Waals surface area contributed by atoms with Gasteiger partial charge in [0, 0.05) is 18.7 Å². The van der Waals surface area contributed by atoms with E-state index in [4.69, 9.17) is 5.11 Å². The highest BCUT2D eigenvalue weighted by Gasteiger charge is 2.33. The van der Waals surface area contributed by atoms with E-state index in [1.165, 1.54) is 0 Å². The molecule has 0 bridgehead atoms. The Bertz CT molecular complexity index is 583. The zero-order valence-electron chi connectivity index (χ0n) is 13.2. The average Bonchev–Trinajstić information content (AvgIpc) is 2.98. The monoisotopic (exact) mass is 318 g/mol. The van der Waals surface area contributed by atoms with Gasteiger partial charge in [0.1, 0.15) is 6.04 Å². The number of aliphatic carboxylic acids is 1. The standard InChI is InChI=1S/C17H22N2O4/c1-2-4-15(20)19-10-3-5-14(19)17(23)18-13-8-6-12(7-9-13)11-16(21)22/h6-9,14H,2-5,10-11H2,1H3,(H,18,23)(H,21,22). The van der Waals surface area contributed by atoms with Crippen LogP contribution in [0.15, 0.2) is 24.3 Å². The average molecular weight is 318 g/mol. The van der Waals surface area contributed by atoms with Crippen molar-refractivity contribution < 1.29 is 19.5 Å². The number of rotatable bonds is 6. The van der Waals surface area contributed by atoms with E-state index in [1.54, 1.807) is 29.2 Å². The molecule has 1 aromatic carbocycles. The Morgan fingerprint density at radius 2 is 1.96 bits per heavy atom. The molecule has 1 fully saturated rings. The molecule has 124 valence electrons. The van der Waals surface area contributed by atoms with Crippen LogP contribution in [0.2, 0.25) is 0 Å². The molecule has 0 aromatic heterocycles. The largest absolute Gasteiger partial charge is 0.481 e. The molecule has 1 aliphatic heterocycles. The van der Waals surface area contributed by atoms with Gasteiger partial charge in [-0.2, -0.15) is 0 Å². The fourth-order valence-corrected chi connectivity index (χ4v) is 2.80. The summed E-state index contributed by atoms with van der Waals surface area (Å²) < 4.78 is 0. The summed E-state index contributed by atoms with van der Waals surface area (Å²) in [5, 5.41) is 11.6. The summed E-state index contributed by atoms with van der Waals surface area (Å²) in [5.74, 6) is -1.04. The second kappa shape index (κ2) is 7.76. The molecule has 1 saturated heterocycles. The third-order valence-corrected chi connectivity index (χ3v) is 3.92. The molecule has 0 saturated carbocycles. The first kappa shape index (κ1) is 17.0. The van der Waals surface area contributed by atoms with Crippen LogP contribution >= 0.6 is 0 Å². The van der Waals surface area contributed by atoms with Crippen molar-refractivity contribution in [1.29, 1.82) is 0 Å². The number of carbonyl (C=O) groups excluding carboxylic acids is 2. The van der Waals surface area contributed by atoms with Gasteiger partial charge in [-0.15, -0.1) is 0 Å². The Morgan fingerprint density at radius 3 is 2.57 bits per heavy atom. The summed E-state index contributed by atoms with van der Waals surface area (Å²) in [7, 11) is 0. The summed E-state index contributed by atoms with van der Waals surface area (Å²) in [6, 6.07) is 6.32. The molecule has 0 spiro atoms. The molecule has 2 amide bonds. The fraction of sp³-hybridized carbons (Fsp3) is 0.471. The summed E-state index contributed by atoms with van der Waals surface area (Å²) in [4.78, 5) is 36.8. The Balaban J connectivity index is 1.97. The third-order valence-electron chi connectivity index (χ3n) is 3.92. The molecular formula is C17H22N2O4. The summed E-state index contributed by atoms with van der Waals surface area (Å²) >= 11 is 0. The van der Waals surface area contributed by atoms with E-state index in [-0.39, 0.29) is 18.2 Å². The number of nitrogens with zero attached hydrogens (tertiary/aromatic N) is 1. The fourth-order valence-electron chi connectivity index (χ4n) is 2.80. The first-order valence-corrected chi connectivity index (χ1v) is 7.92.